The first-order valence-electron chi connectivity index (χ1n) is 8.20. The first kappa shape index (κ1) is 19.2. The summed E-state index contributed by atoms with van der Waals surface area (Å²) < 4.78 is 7.87. The Morgan fingerprint density at radius 1 is 1.08 bits per heavy atom. The number of hydrogen-bond acceptors (Lipinski definition) is 4. The van der Waals surface area contributed by atoms with Crippen molar-refractivity contribution >= 4 is 35.0 Å². The van der Waals surface area contributed by atoms with Gasteiger partial charge in [0.15, 0.2) is 0 Å². The molecule has 136 valence electrons. The smallest absolute Gasteiger partial charge is 0.105 e. The fourth-order valence-corrected chi connectivity index (χ4v) is 4.27. The molecule has 0 saturated heterocycles. The molecule has 0 aliphatic heterocycles. The molecule has 0 radical (unpaired) electrons. The molecular weight excluding hydrogens is 389 g/mol. The third-order valence-corrected chi connectivity index (χ3v) is 5.19. The molecular formula is C19H19Cl2N3OS. The summed E-state index contributed by atoms with van der Waals surface area (Å²) >= 11 is 13.9. The van der Waals surface area contributed by atoms with Crippen molar-refractivity contribution in [1.29, 1.82) is 0 Å². The summed E-state index contributed by atoms with van der Waals surface area (Å²) in [6.45, 7) is 5.21. The Hall–Kier alpha value is -1.53. The van der Waals surface area contributed by atoms with Crippen molar-refractivity contribution in [2.24, 2.45) is 0 Å². The zero-order valence-corrected chi connectivity index (χ0v) is 16.9. The summed E-state index contributed by atoms with van der Waals surface area (Å²) in [7, 11) is 0. The second kappa shape index (κ2) is 8.91. The number of halogens is 2. The van der Waals surface area contributed by atoms with E-state index in [2.05, 4.69) is 23.9 Å². The molecule has 0 fully saturated rings. The molecule has 4 nitrogen and oxygen atoms in total. The van der Waals surface area contributed by atoms with Gasteiger partial charge in [-0.1, -0.05) is 35.0 Å². The van der Waals surface area contributed by atoms with Gasteiger partial charge in [0.25, 0.3) is 0 Å². The van der Waals surface area contributed by atoms with Crippen LogP contribution in [-0.2, 0) is 18.0 Å². The zero-order chi connectivity index (χ0) is 18.5. The normalized spacial score (nSPS) is 11.3. The monoisotopic (exact) mass is 407 g/mol. The molecule has 3 aromatic rings. The number of benzene rings is 1. The van der Waals surface area contributed by atoms with Crippen LogP contribution in [-0.4, -0.2) is 14.8 Å². The van der Waals surface area contributed by atoms with Crippen molar-refractivity contribution in [1.82, 2.24) is 14.8 Å². The molecule has 0 amide bonds. The first-order chi connectivity index (χ1) is 12.5. The quantitative estimate of drug-likeness (QED) is 0.478. The lowest BCUT2D eigenvalue weighted by atomic mass is 10.3. The van der Waals surface area contributed by atoms with Gasteiger partial charge < -0.3 is 4.74 Å². The van der Waals surface area contributed by atoms with Crippen LogP contribution >= 0.6 is 35.0 Å². The molecule has 0 spiro atoms. The number of ether oxygens (including phenoxy) is 1. The van der Waals surface area contributed by atoms with Crippen LogP contribution in [0.3, 0.4) is 0 Å². The number of nitrogens with zero attached hydrogens (tertiary/aromatic N) is 3. The van der Waals surface area contributed by atoms with E-state index in [9.17, 15) is 0 Å². The molecule has 26 heavy (non-hydrogen) atoms. The Morgan fingerprint density at radius 3 is 2.42 bits per heavy atom. The van der Waals surface area contributed by atoms with Crippen LogP contribution < -0.4 is 0 Å². The highest BCUT2D eigenvalue weighted by Gasteiger charge is 2.15. The second-order valence-corrected chi connectivity index (χ2v) is 8.00. The van der Waals surface area contributed by atoms with Gasteiger partial charge >= 0.3 is 0 Å². The van der Waals surface area contributed by atoms with Crippen LogP contribution in [0.1, 0.15) is 31.0 Å². The largest absolute Gasteiger partial charge is 0.372 e. The Morgan fingerprint density at radius 2 is 1.77 bits per heavy atom. The van der Waals surface area contributed by atoms with Crippen LogP contribution in [0.25, 0.3) is 0 Å². The minimum absolute atomic E-state index is 0.237. The van der Waals surface area contributed by atoms with Crippen LogP contribution in [0.15, 0.2) is 58.8 Å². The van der Waals surface area contributed by atoms with Gasteiger partial charge in [0, 0.05) is 38.9 Å². The molecule has 0 aliphatic carbocycles. The maximum absolute atomic E-state index is 6.13. The second-order valence-electron chi connectivity index (χ2n) is 6.07. The highest BCUT2D eigenvalue weighted by Crippen LogP contribution is 2.35. The Bertz CT molecular complexity index is 848. The van der Waals surface area contributed by atoms with Gasteiger partial charge in [-0.15, -0.1) is 0 Å². The van der Waals surface area contributed by atoms with Crippen LogP contribution in [0, 0.1) is 0 Å². The van der Waals surface area contributed by atoms with Gasteiger partial charge in [-0.3, -0.25) is 9.67 Å². The molecule has 2 heterocycles. The predicted octanol–water partition coefficient (Wildman–Crippen LogP) is 6.03. The summed E-state index contributed by atoms with van der Waals surface area (Å²) in [5.41, 5.74) is 2.13. The molecule has 2 aromatic heterocycles. The topological polar surface area (TPSA) is 39.9 Å². The van der Waals surface area contributed by atoms with Gasteiger partial charge in [-0.05, 0) is 49.7 Å². The third kappa shape index (κ3) is 5.01. The summed E-state index contributed by atoms with van der Waals surface area (Å²) in [4.78, 5) is 4.99. The Balaban J connectivity index is 1.77. The van der Waals surface area contributed by atoms with E-state index in [-0.39, 0.29) is 6.04 Å². The van der Waals surface area contributed by atoms with E-state index in [1.165, 1.54) is 0 Å². The standard InChI is InChI=1S/C19H19Cl2N3OS/c1-13(2)24-19(26-18-8-16(20)7-17(21)9-18)15(10-23-24)12-25-11-14-3-5-22-6-4-14/h3-10,13H,11-12H2,1-2H3. The number of rotatable bonds is 7. The van der Waals surface area contributed by atoms with Gasteiger partial charge in [-0.2, -0.15) is 5.10 Å². The van der Waals surface area contributed by atoms with E-state index >= 15 is 0 Å². The van der Waals surface area contributed by atoms with Gasteiger partial charge in [0.1, 0.15) is 5.03 Å². The minimum atomic E-state index is 0.237. The molecule has 0 saturated carbocycles. The molecule has 0 N–H and O–H groups in total. The van der Waals surface area contributed by atoms with Gasteiger partial charge in [-0.25, -0.2) is 0 Å². The average Bonchev–Trinajstić information content (AvgIpc) is 2.98. The van der Waals surface area contributed by atoms with E-state index in [4.69, 9.17) is 27.9 Å². The van der Waals surface area contributed by atoms with E-state index in [0.717, 1.165) is 21.0 Å². The van der Waals surface area contributed by atoms with Gasteiger partial charge in [0.2, 0.25) is 0 Å². The summed E-state index contributed by atoms with van der Waals surface area (Å²) in [5, 5.41) is 6.79. The molecule has 3 rings (SSSR count). The average molecular weight is 408 g/mol. The lowest BCUT2D eigenvalue weighted by molar-refractivity contribution is 0.105. The SMILES string of the molecule is CC(C)n1ncc(COCc2ccncc2)c1Sc1cc(Cl)cc(Cl)c1. The predicted molar refractivity (Wildman–Crippen MR) is 106 cm³/mol. The van der Waals surface area contributed by atoms with E-state index < -0.39 is 0 Å². The van der Waals surface area contributed by atoms with E-state index in [1.807, 2.05) is 35.1 Å². The van der Waals surface area contributed by atoms with E-state index in [0.29, 0.717) is 23.3 Å². The lowest BCUT2D eigenvalue weighted by Crippen LogP contribution is -2.05. The maximum atomic E-state index is 6.13. The maximum Gasteiger partial charge on any atom is 0.105 e. The van der Waals surface area contributed by atoms with Crippen LogP contribution in [0.5, 0.6) is 0 Å². The summed E-state index contributed by atoms with van der Waals surface area (Å²) in [5.74, 6) is 0. The Kier molecular flexibility index (Phi) is 6.59. The van der Waals surface area contributed by atoms with Crippen molar-refractivity contribution in [3.05, 3.63) is 70.1 Å². The summed E-state index contributed by atoms with van der Waals surface area (Å²) in [6, 6.07) is 9.66. The highest BCUT2D eigenvalue weighted by atomic mass is 35.5. The number of pyridine rings is 1. The molecule has 0 aliphatic rings. The highest BCUT2D eigenvalue weighted by molar-refractivity contribution is 7.99. The minimum Gasteiger partial charge on any atom is -0.372 e. The first-order valence-corrected chi connectivity index (χ1v) is 9.77. The fourth-order valence-electron chi connectivity index (χ4n) is 2.42. The molecule has 1 aromatic carbocycles. The van der Waals surface area contributed by atoms with E-state index in [1.54, 1.807) is 30.2 Å². The molecule has 0 bridgehead atoms. The molecule has 7 heteroatoms. The fraction of sp³-hybridized carbons (Fsp3) is 0.263. The zero-order valence-electron chi connectivity index (χ0n) is 14.5. The number of aromatic nitrogens is 3. The molecule has 0 atom stereocenters. The van der Waals surface area contributed by atoms with Gasteiger partial charge in [0.05, 0.1) is 19.4 Å². The lowest BCUT2D eigenvalue weighted by Gasteiger charge is -2.13. The molecule has 0 unspecified atom stereocenters. The van der Waals surface area contributed by atoms with Crippen molar-refractivity contribution in [2.75, 3.05) is 0 Å². The van der Waals surface area contributed by atoms with Crippen LogP contribution in [0.2, 0.25) is 10.0 Å². The van der Waals surface area contributed by atoms with Crippen molar-refractivity contribution in [3.63, 3.8) is 0 Å². The third-order valence-electron chi connectivity index (χ3n) is 3.64. The Labute approximate surface area is 167 Å². The summed E-state index contributed by atoms with van der Waals surface area (Å²) in [6.07, 6.45) is 5.39. The van der Waals surface area contributed by atoms with Crippen molar-refractivity contribution in [2.45, 2.75) is 43.0 Å². The van der Waals surface area contributed by atoms with Crippen molar-refractivity contribution in [3.8, 4) is 0 Å². The van der Waals surface area contributed by atoms with Crippen molar-refractivity contribution < 1.29 is 4.74 Å². The van der Waals surface area contributed by atoms with Crippen LogP contribution in [0.4, 0.5) is 0 Å². The number of hydrogen-bond donors (Lipinski definition) is 0.